The van der Waals surface area contributed by atoms with Gasteiger partial charge in [-0.3, -0.25) is 14.7 Å². The summed E-state index contributed by atoms with van der Waals surface area (Å²) >= 11 is 0. The van der Waals surface area contributed by atoms with Crippen LogP contribution in [0.4, 0.5) is 5.69 Å². The number of hydrogen-bond donors (Lipinski definition) is 1. The van der Waals surface area contributed by atoms with E-state index in [4.69, 9.17) is 0 Å². The molecule has 1 aliphatic heterocycles. The van der Waals surface area contributed by atoms with Crippen LogP contribution in [0.25, 0.3) is 5.32 Å². The van der Waals surface area contributed by atoms with Crippen LogP contribution in [0, 0.1) is 0 Å². The molecule has 1 amide bonds. The molecule has 1 atom stereocenters. The summed E-state index contributed by atoms with van der Waals surface area (Å²) in [6, 6.07) is 26.5. The van der Waals surface area contributed by atoms with Gasteiger partial charge in [-0.2, -0.15) is 0 Å². The standard InChI is InChI=1S/C27H27N3O3.Ni/c31-25(32)18-28-26(21-12-5-2-6-13-21)22-14-7-8-15-23(22)29-27(33)24-16-9-17-30(24)19-20-10-3-1-4-11-20;/h1-8,10-15,24H,9,16-19H2,(H2,28,29,31,32,33);/p-1. The molecule has 0 aromatic heterocycles. The first-order valence-electron chi connectivity index (χ1n) is 11.1. The molecular formula is C27H26N3NiO3-. The molecule has 0 saturated carbocycles. The maximum Gasteiger partial charge on any atom is 0.325 e. The molecule has 7 heteroatoms. The van der Waals surface area contributed by atoms with E-state index >= 15 is 0 Å². The average molecular weight is 499 g/mol. The van der Waals surface area contributed by atoms with Crippen molar-refractivity contribution in [1.29, 1.82) is 0 Å². The number of carbonyl (C=O) groups is 2. The molecule has 34 heavy (non-hydrogen) atoms. The van der Waals surface area contributed by atoms with Gasteiger partial charge in [0.05, 0.1) is 17.7 Å². The molecule has 3 aromatic rings. The van der Waals surface area contributed by atoms with Crippen molar-refractivity contribution in [2.75, 3.05) is 13.1 Å². The van der Waals surface area contributed by atoms with E-state index in [1.165, 1.54) is 5.56 Å². The van der Waals surface area contributed by atoms with E-state index in [0.29, 0.717) is 23.5 Å². The number of carbonyl (C=O) groups excluding carboxylic acids is 1. The maximum absolute atomic E-state index is 13.3. The fourth-order valence-electron chi connectivity index (χ4n) is 4.15. The topological polar surface area (TPSA) is 84.1 Å². The molecule has 0 aliphatic carbocycles. The van der Waals surface area contributed by atoms with Crippen LogP contribution in [0.1, 0.15) is 29.5 Å². The first-order chi connectivity index (χ1) is 16.1. The summed E-state index contributed by atoms with van der Waals surface area (Å²) in [6.45, 7) is 1.21. The van der Waals surface area contributed by atoms with Gasteiger partial charge in [0.1, 0.15) is 6.54 Å². The molecule has 3 aromatic carbocycles. The predicted octanol–water partition coefficient (Wildman–Crippen LogP) is 4.80. The van der Waals surface area contributed by atoms with Crippen molar-refractivity contribution in [1.82, 2.24) is 4.90 Å². The van der Waals surface area contributed by atoms with E-state index in [-0.39, 0.29) is 35.0 Å². The Labute approximate surface area is 209 Å². The predicted molar refractivity (Wildman–Crippen MR) is 129 cm³/mol. The van der Waals surface area contributed by atoms with Gasteiger partial charge in [-0.1, -0.05) is 84.9 Å². The van der Waals surface area contributed by atoms with Crippen LogP contribution in [0.3, 0.4) is 0 Å². The van der Waals surface area contributed by atoms with Gasteiger partial charge in [0, 0.05) is 28.6 Å². The van der Waals surface area contributed by atoms with Crippen molar-refractivity contribution >= 4 is 23.3 Å². The minimum Gasteiger partial charge on any atom is -0.625 e. The number of aliphatic carboxylic acids is 1. The molecule has 6 nitrogen and oxygen atoms in total. The van der Waals surface area contributed by atoms with E-state index in [1.54, 1.807) is 6.07 Å². The van der Waals surface area contributed by atoms with Crippen LogP contribution >= 0.6 is 0 Å². The van der Waals surface area contributed by atoms with E-state index < -0.39 is 5.97 Å². The van der Waals surface area contributed by atoms with Crippen LogP contribution < -0.4 is 0 Å². The zero-order valence-electron chi connectivity index (χ0n) is 18.6. The van der Waals surface area contributed by atoms with Gasteiger partial charge in [0.25, 0.3) is 0 Å². The third-order valence-electron chi connectivity index (χ3n) is 5.69. The van der Waals surface area contributed by atoms with E-state index in [9.17, 15) is 14.7 Å². The minimum atomic E-state index is -1.02. The van der Waals surface area contributed by atoms with Gasteiger partial charge in [-0.15, -0.1) is 5.69 Å². The van der Waals surface area contributed by atoms with Crippen molar-refractivity contribution in [3.63, 3.8) is 0 Å². The third-order valence-corrected chi connectivity index (χ3v) is 5.69. The van der Waals surface area contributed by atoms with Crippen molar-refractivity contribution in [2.45, 2.75) is 25.4 Å². The van der Waals surface area contributed by atoms with Crippen LogP contribution in [-0.2, 0) is 32.6 Å². The summed E-state index contributed by atoms with van der Waals surface area (Å²) in [5, 5.41) is 13.7. The molecule has 0 spiro atoms. The number of amides is 1. The van der Waals surface area contributed by atoms with Crippen LogP contribution in [0.15, 0.2) is 89.9 Å². The van der Waals surface area contributed by atoms with Crippen LogP contribution in [-0.4, -0.2) is 46.7 Å². The molecule has 1 fully saturated rings. The third kappa shape index (κ3) is 6.40. The molecule has 1 unspecified atom stereocenters. The number of rotatable bonds is 8. The summed E-state index contributed by atoms with van der Waals surface area (Å²) in [5.41, 5.74) is 3.61. The second-order valence-electron chi connectivity index (χ2n) is 8.01. The molecule has 1 N–H and O–H groups in total. The number of hydrogen-bond acceptors (Lipinski definition) is 4. The SMILES string of the molecule is O=C(O)CN=C(c1ccccc1)c1ccccc1[N-]C(=O)C1CCCN1Cc1ccccc1.[Ni]. The molecule has 0 bridgehead atoms. The number of benzene rings is 3. The number of carboxylic acid groups (broad SMARTS) is 1. The van der Waals surface area contributed by atoms with Crippen LogP contribution in [0.5, 0.6) is 0 Å². The number of likely N-dealkylation sites (tertiary alicyclic amines) is 1. The zero-order valence-corrected chi connectivity index (χ0v) is 19.6. The van der Waals surface area contributed by atoms with Gasteiger partial charge >= 0.3 is 5.97 Å². The normalized spacial score (nSPS) is 16.0. The first kappa shape index (κ1) is 25.3. The van der Waals surface area contributed by atoms with E-state index in [1.807, 2.05) is 66.7 Å². The zero-order chi connectivity index (χ0) is 23.0. The molecule has 0 radical (unpaired) electrons. The summed E-state index contributed by atoms with van der Waals surface area (Å²) in [6.07, 6.45) is 1.73. The largest absolute Gasteiger partial charge is 0.625 e. The van der Waals surface area contributed by atoms with E-state index in [2.05, 4.69) is 27.3 Å². The van der Waals surface area contributed by atoms with Gasteiger partial charge in [0.2, 0.25) is 0 Å². The number of nitrogens with zero attached hydrogens (tertiary/aromatic N) is 3. The Morgan fingerprint density at radius 2 is 1.59 bits per heavy atom. The molecule has 4 rings (SSSR count). The Balaban J connectivity index is 0.00000324. The van der Waals surface area contributed by atoms with E-state index in [0.717, 1.165) is 24.9 Å². The van der Waals surface area contributed by atoms with Gasteiger partial charge in [-0.25, -0.2) is 0 Å². The summed E-state index contributed by atoms with van der Waals surface area (Å²) in [5.74, 6) is -1.20. The second-order valence-corrected chi connectivity index (χ2v) is 8.01. The van der Waals surface area contributed by atoms with Crippen LogP contribution in [0.2, 0.25) is 0 Å². The molecule has 1 aliphatic rings. The molecule has 1 heterocycles. The number of aliphatic imine (C=N–C) groups is 1. The van der Waals surface area contributed by atoms with Crippen molar-refractivity contribution in [2.24, 2.45) is 4.99 Å². The minimum absolute atomic E-state index is 0. The Hall–Kier alpha value is -3.28. The average Bonchev–Trinajstić information content (AvgIpc) is 3.29. The summed E-state index contributed by atoms with van der Waals surface area (Å²) < 4.78 is 0. The van der Waals surface area contributed by atoms with Crippen molar-refractivity contribution < 1.29 is 31.2 Å². The Kier molecular flexibility index (Phi) is 9.14. The monoisotopic (exact) mass is 498 g/mol. The van der Waals surface area contributed by atoms with Gasteiger partial charge in [0.15, 0.2) is 0 Å². The second kappa shape index (κ2) is 12.3. The number of carboxylic acids is 1. The quantitative estimate of drug-likeness (QED) is 0.357. The molecule has 178 valence electrons. The van der Waals surface area contributed by atoms with Gasteiger partial charge in [-0.05, 0) is 30.5 Å². The van der Waals surface area contributed by atoms with Gasteiger partial charge < -0.3 is 15.2 Å². The Morgan fingerprint density at radius 1 is 0.941 bits per heavy atom. The fraction of sp³-hybridized carbons (Fsp3) is 0.222. The smallest absolute Gasteiger partial charge is 0.325 e. The summed E-state index contributed by atoms with van der Waals surface area (Å²) in [7, 11) is 0. The van der Waals surface area contributed by atoms with Crippen molar-refractivity contribution in [3.05, 3.63) is 107 Å². The Bertz CT molecular complexity index is 1140. The fourth-order valence-corrected chi connectivity index (χ4v) is 4.15. The first-order valence-corrected chi connectivity index (χ1v) is 11.1. The molecular weight excluding hydrogens is 473 g/mol. The molecule has 1 saturated heterocycles. The van der Waals surface area contributed by atoms with Crippen molar-refractivity contribution in [3.8, 4) is 0 Å². The summed E-state index contributed by atoms with van der Waals surface area (Å²) in [4.78, 5) is 31.0. The maximum atomic E-state index is 13.3. The number of para-hydroxylation sites is 1. The Morgan fingerprint density at radius 3 is 2.29 bits per heavy atom.